The summed E-state index contributed by atoms with van der Waals surface area (Å²) < 4.78 is 12.7. The number of carbonyl (C=O) groups excluding carboxylic acids is 1. The number of aromatic nitrogens is 4. The number of urea groups is 1. The third kappa shape index (κ3) is 3.90. The molecule has 0 bridgehead atoms. The van der Waals surface area contributed by atoms with Gasteiger partial charge in [0.25, 0.3) is 0 Å². The first-order valence-electron chi connectivity index (χ1n) is 11.1. The van der Waals surface area contributed by atoms with Crippen molar-refractivity contribution < 1.29 is 14.3 Å². The first-order valence-corrected chi connectivity index (χ1v) is 11.1. The van der Waals surface area contributed by atoms with Crippen molar-refractivity contribution in [3.63, 3.8) is 0 Å². The van der Waals surface area contributed by atoms with Crippen LogP contribution in [0, 0.1) is 6.92 Å². The minimum Gasteiger partial charge on any atom is -0.454 e. The highest BCUT2D eigenvalue weighted by Gasteiger charge is 2.23. The standard InChI is InChI=1S/C24H26N6O3/c1-4-28(5-2)24(31)29(13-17-7-9-21-22(11-17)33-15-32-21)14-19-12-18-10-16(3)6-8-20(18)30-23(19)25-26-27-30/h6-12H,4-5,13-15H2,1-3H3. The number of aryl methyl sites for hydroxylation is 1. The van der Waals surface area contributed by atoms with Crippen molar-refractivity contribution in [2.45, 2.75) is 33.9 Å². The molecule has 2 aromatic heterocycles. The fraction of sp³-hybridized carbons (Fsp3) is 0.333. The van der Waals surface area contributed by atoms with Crippen molar-refractivity contribution in [3.8, 4) is 11.5 Å². The third-order valence-electron chi connectivity index (χ3n) is 5.97. The first kappa shape index (κ1) is 21.0. The van der Waals surface area contributed by atoms with Crippen LogP contribution in [0.1, 0.15) is 30.5 Å². The van der Waals surface area contributed by atoms with Crippen LogP contribution in [0.4, 0.5) is 4.79 Å². The van der Waals surface area contributed by atoms with Crippen molar-refractivity contribution in [1.82, 2.24) is 29.8 Å². The average Bonchev–Trinajstić information content (AvgIpc) is 3.49. The number of amides is 2. The molecule has 1 aliphatic heterocycles. The molecule has 33 heavy (non-hydrogen) atoms. The molecule has 0 atom stereocenters. The van der Waals surface area contributed by atoms with Crippen LogP contribution in [0.3, 0.4) is 0 Å². The quantitative estimate of drug-likeness (QED) is 0.448. The van der Waals surface area contributed by atoms with E-state index in [1.165, 1.54) is 0 Å². The number of fused-ring (bicyclic) bond motifs is 4. The second-order valence-corrected chi connectivity index (χ2v) is 8.14. The zero-order valence-electron chi connectivity index (χ0n) is 19.0. The van der Waals surface area contributed by atoms with Crippen LogP contribution in [0.2, 0.25) is 0 Å². The number of tetrazole rings is 1. The van der Waals surface area contributed by atoms with Crippen LogP contribution >= 0.6 is 0 Å². The molecular weight excluding hydrogens is 420 g/mol. The highest BCUT2D eigenvalue weighted by molar-refractivity contribution is 5.84. The number of hydrogen-bond donors (Lipinski definition) is 0. The van der Waals surface area contributed by atoms with E-state index >= 15 is 0 Å². The monoisotopic (exact) mass is 446 g/mol. The zero-order valence-corrected chi connectivity index (χ0v) is 19.0. The van der Waals surface area contributed by atoms with Gasteiger partial charge in [0.2, 0.25) is 6.79 Å². The number of benzene rings is 2. The fourth-order valence-corrected chi connectivity index (χ4v) is 4.25. The summed E-state index contributed by atoms with van der Waals surface area (Å²) in [5, 5.41) is 13.4. The van der Waals surface area contributed by atoms with E-state index in [-0.39, 0.29) is 12.8 Å². The van der Waals surface area contributed by atoms with Gasteiger partial charge in [0.05, 0.1) is 12.1 Å². The predicted molar refractivity (Wildman–Crippen MR) is 123 cm³/mol. The van der Waals surface area contributed by atoms with Crippen LogP contribution < -0.4 is 9.47 Å². The zero-order chi connectivity index (χ0) is 22.9. The predicted octanol–water partition coefficient (Wildman–Crippen LogP) is 3.78. The smallest absolute Gasteiger partial charge is 0.320 e. The second-order valence-electron chi connectivity index (χ2n) is 8.14. The lowest BCUT2D eigenvalue weighted by Crippen LogP contribution is -2.42. The Hall–Kier alpha value is -3.88. The Morgan fingerprint density at radius 1 is 1.00 bits per heavy atom. The Bertz CT molecular complexity index is 1330. The van der Waals surface area contributed by atoms with E-state index in [0.717, 1.165) is 33.3 Å². The molecule has 170 valence electrons. The van der Waals surface area contributed by atoms with E-state index in [0.29, 0.717) is 37.6 Å². The average molecular weight is 447 g/mol. The Labute approximate surface area is 191 Å². The van der Waals surface area contributed by atoms with Crippen LogP contribution in [0.15, 0.2) is 42.5 Å². The maximum atomic E-state index is 13.5. The van der Waals surface area contributed by atoms with Gasteiger partial charge >= 0.3 is 6.03 Å². The largest absolute Gasteiger partial charge is 0.454 e. The van der Waals surface area contributed by atoms with Crippen molar-refractivity contribution in [2.24, 2.45) is 0 Å². The number of pyridine rings is 1. The van der Waals surface area contributed by atoms with Crippen molar-refractivity contribution >= 4 is 22.6 Å². The highest BCUT2D eigenvalue weighted by atomic mass is 16.7. The van der Waals surface area contributed by atoms with E-state index in [9.17, 15) is 4.79 Å². The van der Waals surface area contributed by atoms with Gasteiger partial charge in [0, 0.05) is 30.6 Å². The fourth-order valence-electron chi connectivity index (χ4n) is 4.25. The SMILES string of the molecule is CCN(CC)C(=O)N(Cc1ccc2c(c1)OCO2)Cc1cc2cc(C)ccc2n2nnnc12. The van der Waals surface area contributed by atoms with Gasteiger partial charge in [0.15, 0.2) is 17.1 Å². The van der Waals surface area contributed by atoms with Crippen molar-refractivity contribution in [2.75, 3.05) is 19.9 Å². The van der Waals surface area contributed by atoms with Gasteiger partial charge in [-0.2, -0.15) is 4.52 Å². The molecule has 0 N–H and O–H groups in total. The van der Waals surface area contributed by atoms with E-state index in [4.69, 9.17) is 9.47 Å². The number of hydrogen-bond acceptors (Lipinski definition) is 6. The molecule has 2 amide bonds. The molecule has 0 saturated heterocycles. The van der Waals surface area contributed by atoms with Crippen LogP contribution in [0.5, 0.6) is 11.5 Å². The summed E-state index contributed by atoms with van der Waals surface area (Å²) in [4.78, 5) is 17.1. The van der Waals surface area contributed by atoms with E-state index in [2.05, 4.69) is 34.6 Å². The van der Waals surface area contributed by atoms with E-state index in [1.54, 1.807) is 4.52 Å². The maximum Gasteiger partial charge on any atom is 0.320 e. The molecule has 5 rings (SSSR count). The molecule has 0 saturated carbocycles. The lowest BCUT2D eigenvalue weighted by atomic mass is 10.1. The van der Waals surface area contributed by atoms with Gasteiger partial charge in [0.1, 0.15) is 0 Å². The molecule has 2 aromatic carbocycles. The van der Waals surface area contributed by atoms with Gasteiger partial charge in [-0.25, -0.2) is 4.79 Å². The van der Waals surface area contributed by atoms with E-state index < -0.39 is 0 Å². The topological polar surface area (TPSA) is 85.1 Å². The molecule has 0 fully saturated rings. The summed E-state index contributed by atoms with van der Waals surface area (Å²) >= 11 is 0. The van der Waals surface area contributed by atoms with Crippen LogP contribution in [-0.2, 0) is 13.1 Å². The Morgan fingerprint density at radius 3 is 2.64 bits per heavy atom. The van der Waals surface area contributed by atoms with Gasteiger partial charge in [-0.15, -0.1) is 5.10 Å². The molecule has 1 aliphatic rings. The summed E-state index contributed by atoms with van der Waals surface area (Å²) in [6.07, 6.45) is 0. The summed E-state index contributed by atoms with van der Waals surface area (Å²) in [6, 6.07) is 14.0. The first-order chi connectivity index (χ1) is 16.1. The van der Waals surface area contributed by atoms with Crippen LogP contribution in [-0.4, -0.2) is 55.8 Å². The molecule has 9 heteroatoms. The maximum absolute atomic E-state index is 13.5. The van der Waals surface area contributed by atoms with Gasteiger partial charge < -0.3 is 19.3 Å². The Morgan fingerprint density at radius 2 is 1.82 bits per heavy atom. The van der Waals surface area contributed by atoms with Gasteiger partial charge in [-0.1, -0.05) is 17.7 Å². The third-order valence-corrected chi connectivity index (χ3v) is 5.97. The van der Waals surface area contributed by atoms with Gasteiger partial charge in [-0.05, 0) is 67.1 Å². The van der Waals surface area contributed by atoms with Crippen molar-refractivity contribution in [1.29, 1.82) is 0 Å². The molecule has 3 heterocycles. The summed E-state index contributed by atoms with van der Waals surface area (Å²) in [6.45, 7) is 8.30. The highest BCUT2D eigenvalue weighted by Crippen LogP contribution is 2.33. The Balaban J connectivity index is 1.54. The normalized spacial score (nSPS) is 12.5. The number of ether oxygens (including phenoxy) is 2. The number of rotatable bonds is 6. The van der Waals surface area contributed by atoms with Crippen molar-refractivity contribution in [3.05, 3.63) is 59.2 Å². The second kappa shape index (κ2) is 8.57. The minimum atomic E-state index is -0.0346. The minimum absolute atomic E-state index is 0.0346. The molecule has 0 unspecified atom stereocenters. The molecule has 0 spiro atoms. The lowest BCUT2D eigenvalue weighted by Gasteiger charge is -2.29. The molecule has 4 aromatic rings. The summed E-state index contributed by atoms with van der Waals surface area (Å²) in [5.41, 5.74) is 4.58. The van der Waals surface area contributed by atoms with Crippen LogP contribution in [0.25, 0.3) is 16.6 Å². The van der Waals surface area contributed by atoms with Gasteiger partial charge in [-0.3, -0.25) is 0 Å². The summed E-state index contributed by atoms with van der Waals surface area (Å²) in [7, 11) is 0. The lowest BCUT2D eigenvalue weighted by molar-refractivity contribution is 0.151. The Kier molecular flexibility index (Phi) is 5.45. The van der Waals surface area contributed by atoms with E-state index in [1.807, 2.05) is 54.0 Å². The number of carbonyl (C=O) groups is 1. The molecule has 0 aliphatic carbocycles. The molecule has 9 nitrogen and oxygen atoms in total. The number of nitrogens with zero attached hydrogens (tertiary/aromatic N) is 6. The molecular formula is C24H26N6O3. The molecule has 0 radical (unpaired) electrons. The summed E-state index contributed by atoms with van der Waals surface area (Å²) in [5.74, 6) is 1.43.